The van der Waals surface area contributed by atoms with Gasteiger partial charge in [-0.05, 0) is 41.2 Å². The third-order valence-corrected chi connectivity index (χ3v) is 5.96. The van der Waals surface area contributed by atoms with Crippen LogP contribution in [0.2, 0.25) is 0 Å². The van der Waals surface area contributed by atoms with Gasteiger partial charge in [-0.3, -0.25) is 9.59 Å². The molecule has 5 nitrogen and oxygen atoms in total. The van der Waals surface area contributed by atoms with E-state index < -0.39 is 21.7 Å². The van der Waals surface area contributed by atoms with Gasteiger partial charge in [0.2, 0.25) is 0 Å². The Morgan fingerprint density at radius 2 is 1.33 bits per heavy atom. The molecule has 27 heavy (non-hydrogen) atoms. The van der Waals surface area contributed by atoms with E-state index in [9.17, 15) is 18.0 Å². The largest absolute Gasteiger partial charge is 0.268 e. The quantitative estimate of drug-likeness (QED) is 0.742. The zero-order valence-corrected chi connectivity index (χ0v) is 16.9. The number of fused-ring (bicyclic) bond motifs is 1. The lowest BCUT2D eigenvalue weighted by atomic mass is 9.92. The minimum absolute atomic E-state index is 0.0328. The Labute approximate surface area is 159 Å². The Bertz CT molecular complexity index is 1030. The van der Waals surface area contributed by atoms with E-state index in [-0.39, 0.29) is 27.9 Å². The van der Waals surface area contributed by atoms with E-state index in [0.29, 0.717) is 5.69 Å². The summed E-state index contributed by atoms with van der Waals surface area (Å²) in [6.45, 7) is 8.07. The lowest BCUT2D eigenvalue weighted by molar-refractivity contribution is 0.0925. The van der Waals surface area contributed by atoms with Crippen molar-refractivity contribution in [2.45, 2.75) is 44.4 Å². The van der Waals surface area contributed by atoms with E-state index in [1.165, 1.54) is 23.1 Å². The number of hydrogen-bond acceptors (Lipinski definition) is 4. The molecule has 0 aromatic heterocycles. The van der Waals surface area contributed by atoms with Crippen molar-refractivity contribution in [2.75, 3.05) is 11.2 Å². The Hall–Kier alpha value is -2.47. The fourth-order valence-corrected chi connectivity index (χ4v) is 4.07. The van der Waals surface area contributed by atoms with Crippen LogP contribution in [0.25, 0.3) is 0 Å². The van der Waals surface area contributed by atoms with E-state index >= 15 is 0 Å². The fourth-order valence-electron chi connectivity index (χ4n) is 3.42. The van der Waals surface area contributed by atoms with Gasteiger partial charge in [-0.2, -0.15) is 0 Å². The van der Waals surface area contributed by atoms with E-state index in [2.05, 4.69) is 0 Å². The van der Waals surface area contributed by atoms with Crippen molar-refractivity contribution < 1.29 is 18.0 Å². The first-order chi connectivity index (χ1) is 12.5. The molecule has 0 atom stereocenters. The number of sulfone groups is 1. The maximum atomic E-state index is 13.1. The van der Waals surface area contributed by atoms with Crippen LogP contribution in [0.5, 0.6) is 0 Å². The number of rotatable bonds is 4. The van der Waals surface area contributed by atoms with Gasteiger partial charge in [0, 0.05) is 6.26 Å². The van der Waals surface area contributed by atoms with Crippen molar-refractivity contribution >= 4 is 27.3 Å². The zero-order chi connectivity index (χ0) is 20.1. The van der Waals surface area contributed by atoms with Crippen LogP contribution >= 0.6 is 0 Å². The second-order valence-corrected chi connectivity index (χ2v) is 9.54. The number of carbonyl (C=O) groups is 2. The highest BCUT2D eigenvalue weighted by Gasteiger charge is 2.39. The molecule has 1 aliphatic heterocycles. The number of nitrogens with zero attached hydrogens (tertiary/aromatic N) is 1. The maximum Gasteiger partial charge on any atom is 0.266 e. The first-order valence-corrected chi connectivity index (χ1v) is 10.8. The molecule has 0 saturated carbocycles. The third-order valence-electron chi connectivity index (χ3n) is 4.85. The molecule has 0 spiro atoms. The van der Waals surface area contributed by atoms with Crippen LogP contribution in [0.4, 0.5) is 5.69 Å². The summed E-state index contributed by atoms with van der Waals surface area (Å²) >= 11 is 0. The lowest BCUT2D eigenvalue weighted by Crippen LogP contribution is -2.31. The van der Waals surface area contributed by atoms with E-state index in [1.807, 2.05) is 45.9 Å². The molecule has 0 radical (unpaired) electrons. The third kappa shape index (κ3) is 3.18. The molecule has 0 fully saturated rings. The summed E-state index contributed by atoms with van der Waals surface area (Å²) in [4.78, 5) is 27.5. The van der Waals surface area contributed by atoms with Crippen molar-refractivity contribution in [3.63, 3.8) is 0 Å². The number of carbonyl (C=O) groups excluding carboxylic acids is 2. The zero-order valence-electron chi connectivity index (χ0n) is 16.1. The average Bonchev–Trinajstić information content (AvgIpc) is 2.83. The van der Waals surface area contributed by atoms with Gasteiger partial charge in [0.25, 0.3) is 11.8 Å². The SMILES string of the molecule is CC(C)c1cccc(C(C)C)c1N1C(=O)c2ccc(S(C)(=O)=O)cc2C1=O. The maximum absolute atomic E-state index is 13.1. The Morgan fingerprint density at radius 3 is 1.81 bits per heavy atom. The normalized spacial score (nSPS) is 14.4. The first-order valence-electron chi connectivity index (χ1n) is 8.89. The molecule has 2 aromatic carbocycles. The summed E-state index contributed by atoms with van der Waals surface area (Å²) in [5, 5.41) is 0. The number of amides is 2. The molecule has 0 unspecified atom stereocenters. The molecule has 142 valence electrons. The van der Waals surface area contributed by atoms with E-state index in [0.717, 1.165) is 17.4 Å². The monoisotopic (exact) mass is 385 g/mol. The number of imide groups is 1. The number of para-hydroxylation sites is 1. The molecule has 1 heterocycles. The van der Waals surface area contributed by atoms with Gasteiger partial charge in [0.05, 0.1) is 21.7 Å². The molecule has 0 bridgehead atoms. The van der Waals surface area contributed by atoms with Crippen molar-refractivity contribution in [3.05, 3.63) is 58.7 Å². The summed E-state index contributed by atoms with van der Waals surface area (Å²) in [5.74, 6) is -0.648. The predicted molar refractivity (Wildman–Crippen MR) is 105 cm³/mol. The topological polar surface area (TPSA) is 71.5 Å². The second kappa shape index (κ2) is 6.60. The van der Waals surface area contributed by atoms with Gasteiger partial charge in [-0.1, -0.05) is 45.9 Å². The summed E-state index contributed by atoms with van der Waals surface area (Å²) in [5.41, 5.74) is 2.82. The van der Waals surface area contributed by atoms with Gasteiger partial charge in [0.15, 0.2) is 9.84 Å². The minimum Gasteiger partial charge on any atom is -0.268 e. The molecular weight excluding hydrogens is 362 g/mol. The summed E-state index contributed by atoms with van der Waals surface area (Å²) in [6, 6.07) is 9.90. The van der Waals surface area contributed by atoms with Gasteiger partial charge < -0.3 is 0 Å². The summed E-state index contributed by atoms with van der Waals surface area (Å²) in [7, 11) is -3.47. The fraction of sp³-hybridized carbons (Fsp3) is 0.333. The molecule has 0 N–H and O–H groups in total. The van der Waals surface area contributed by atoms with Crippen molar-refractivity contribution in [1.29, 1.82) is 0 Å². The standard InChI is InChI=1S/C21H23NO4S/c1-12(2)15-7-6-8-16(13(3)4)19(15)22-20(23)17-10-9-14(27(5,25)26)11-18(17)21(22)24/h6-13H,1-5H3. The molecular formula is C21H23NO4S. The highest BCUT2D eigenvalue weighted by molar-refractivity contribution is 7.90. The number of hydrogen-bond donors (Lipinski definition) is 0. The smallest absolute Gasteiger partial charge is 0.266 e. The van der Waals surface area contributed by atoms with Crippen LogP contribution in [0.1, 0.15) is 71.4 Å². The Balaban J connectivity index is 2.23. The van der Waals surface area contributed by atoms with Crippen molar-refractivity contribution in [2.24, 2.45) is 0 Å². The lowest BCUT2D eigenvalue weighted by Gasteiger charge is -2.25. The summed E-state index contributed by atoms with van der Waals surface area (Å²) < 4.78 is 23.7. The Kier molecular flexibility index (Phi) is 4.72. The summed E-state index contributed by atoms with van der Waals surface area (Å²) in [6.07, 6.45) is 1.08. The molecule has 0 aliphatic carbocycles. The first kappa shape index (κ1) is 19.3. The van der Waals surface area contributed by atoms with Crippen LogP contribution in [0, 0.1) is 0 Å². The van der Waals surface area contributed by atoms with Crippen LogP contribution in [-0.2, 0) is 9.84 Å². The number of anilines is 1. The molecule has 3 rings (SSSR count). The molecule has 2 amide bonds. The Morgan fingerprint density at radius 1 is 0.815 bits per heavy atom. The average molecular weight is 385 g/mol. The van der Waals surface area contributed by atoms with Gasteiger partial charge in [-0.15, -0.1) is 0 Å². The van der Waals surface area contributed by atoms with Crippen molar-refractivity contribution in [1.82, 2.24) is 0 Å². The molecule has 2 aromatic rings. The minimum atomic E-state index is -3.47. The predicted octanol–water partition coefficient (Wildman–Crippen LogP) is 4.14. The molecule has 0 saturated heterocycles. The second-order valence-electron chi connectivity index (χ2n) is 7.52. The highest BCUT2D eigenvalue weighted by atomic mass is 32.2. The van der Waals surface area contributed by atoms with Crippen LogP contribution < -0.4 is 4.90 Å². The molecule has 1 aliphatic rings. The van der Waals surface area contributed by atoms with Crippen LogP contribution in [-0.4, -0.2) is 26.5 Å². The van der Waals surface area contributed by atoms with E-state index in [4.69, 9.17) is 0 Å². The molecule has 6 heteroatoms. The van der Waals surface area contributed by atoms with Crippen LogP contribution in [0.3, 0.4) is 0 Å². The van der Waals surface area contributed by atoms with Gasteiger partial charge in [0.1, 0.15) is 0 Å². The number of benzene rings is 2. The van der Waals surface area contributed by atoms with Gasteiger partial charge >= 0.3 is 0 Å². The van der Waals surface area contributed by atoms with Crippen LogP contribution in [0.15, 0.2) is 41.3 Å². The van der Waals surface area contributed by atoms with Crippen molar-refractivity contribution in [3.8, 4) is 0 Å². The van der Waals surface area contributed by atoms with Gasteiger partial charge in [-0.25, -0.2) is 13.3 Å². The highest BCUT2D eigenvalue weighted by Crippen LogP contribution is 2.39. The van der Waals surface area contributed by atoms with E-state index in [1.54, 1.807) is 0 Å².